The van der Waals surface area contributed by atoms with Crippen molar-refractivity contribution in [3.05, 3.63) is 65.1 Å². The summed E-state index contributed by atoms with van der Waals surface area (Å²) in [5.41, 5.74) is 1.56. The van der Waals surface area contributed by atoms with E-state index < -0.39 is 0 Å². The van der Waals surface area contributed by atoms with E-state index in [9.17, 15) is 4.39 Å². The third-order valence-corrected chi connectivity index (χ3v) is 4.06. The van der Waals surface area contributed by atoms with Gasteiger partial charge in [-0.05, 0) is 23.8 Å². The maximum Gasteiger partial charge on any atom is 0.229 e. The van der Waals surface area contributed by atoms with Crippen LogP contribution in [0, 0.1) is 5.82 Å². The average Bonchev–Trinajstić information content (AvgIpc) is 2.69. The predicted octanol–water partition coefficient (Wildman–Crippen LogP) is 4.64. The van der Waals surface area contributed by atoms with Crippen LogP contribution in [0.2, 0.25) is 5.02 Å². The Kier molecular flexibility index (Phi) is 5.93. The minimum atomic E-state index is -0.264. The summed E-state index contributed by atoms with van der Waals surface area (Å²) in [7, 11) is 3.08. The summed E-state index contributed by atoms with van der Waals surface area (Å²) in [6.07, 6.45) is 1.63. The molecule has 0 aliphatic rings. The number of hydrogen-bond acceptors (Lipinski definition) is 6. The molecule has 0 unspecified atom stereocenters. The molecule has 2 aromatic carbocycles. The van der Waals surface area contributed by atoms with E-state index in [-0.39, 0.29) is 5.82 Å². The van der Waals surface area contributed by atoms with E-state index in [0.717, 1.165) is 5.56 Å². The van der Waals surface area contributed by atoms with Gasteiger partial charge in [-0.2, -0.15) is 4.98 Å². The monoisotopic (exact) mass is 388 g/mol. The largest absolute Gasteiger partial charge is 0.495 e. The number of nitrogens with one attached hydrogen (secondary N) is 2. The smallest absolute Gasteiger partial charge is 0.229 e. The molecule has 0 saturated carbocycles. The van der Waals surface area contributed by atoms with Crippen molar-refractivity contribution in [2.24, 2.45) is 0 Å². The second-order valence-electron chi connectivity index (χ2n) is 5.56. The van der Waals surface area contributed by atoms with Crippen LogP contribution in [-0.4, -0.2) is 24.2 Å². The van der Waals surface area contributed by atoms with Crippen molar-refractivity contribution < 1.29 is 13.9 Å². The Morgan fingerprint density at radius 2 is 1.78 bits per heavy atom. The molecule has 0 aliphatic carbocycles. The van der Waals surface area contributed by atoms with E-state index in [1.807, 2.05) is 0 Å². The van der Waals surface area contributed by atoms with Crippen molar-refractivity contribution in [3.8, 4) is 11.5 Å². The molecule has 3 aromatic rings. The molecule has 0 radical (unpaired) electrons. The highest BCUT2D eigenvalue weighted by molar-refractivity contribution is 6.32. The van der Waals surface area contributed by atoms with E-state index in [1.165, 1.54) is 19.2 Å². The summed E-state index contributed by atoms with van der Waals surface area (Å²) < 4.78 is 23.5. The van der Waals surface area contributed by atoms with Crippen LogP contribution < -0.4 is 20.1 Å². The number of halogens is 2. The molecule has 0 amide bonds. The van der Waals surface area contributed by atoms with Crippen LogP contribution in [-0.2, 0) is 6.54 Å². The Hall–Kier alpha value is -3.06. The van der Waals surface area contributed by atoms with Gasteiger partial charge in [0, 0.05) is 24.9 Å². The number of anilines is 3. The molecule has 0 saturated heterocycles. The lowest BCUT2D eigenvalue weighted by Crippen LogP contribution is -2.05. The van der Waals surface area contributed by atoms with Crippen molar-refractivity contribution >= 4 is 29.1 Å². The molecule has 8 heteroatoms. The van der Waals surface area contributed by atoms with Gasteiger partial charge in [0.2, 0.25) is 5.95 Å². The number of hydrogen-bond donors (Lipinski definition) is 2. The quantitative estimate of drug-likeness (QED) is 0.614. The lowest BCUT2D eigenvalue weighted by Gasteiger charge is -2.13. The zero-order chi connectivity index (χ0) is 19.2. The summed E-state index contributed by atoms with van der Waals surface area (Å²) in [4.78, 5) is 8.63. The number of ether oxygens (including phenoxy) is 2. The van der Waals surface area contributed by atoms with Gasteiger partial charge in [0.25, 0.3) is 0 Å². The standard InChI is InChI=1S/C19H18ClFN4O2/c1-26-16-10-15(17(27-2)9-14(16)20)24-19-22-8-7-18(25-19)23-11-12-3-5-13(21)6-4-12/h3-10H,11H2,1-2H3,(H2,22,23,24,25). The van der Waals surface area contributed by atoms with Gasteiger partial charge in [0.05, 0.1) is 24.9 Å². The van der Waals surface area contributed by atoms with Gasteiger partial charge in [-0.25, -0.2) is 9.37 Å². The summed E-state index contributed by atoms with van der Waals surface area (Å²) in [6, 6.07) is 11.4. The first-order valence-corrected chi connectivity index (χ1v) is 8.46. The van der Waals surface area contributed by atoms with Crippen molar-refractivity contribution in [1.29, 1.82) is 0 Å². The number of nitrogens with zero attached hydrogens (tertiary/aromatic N) is 2. The second kappa shape index (κ2) is 8.55. The molecule has 6 nitrogen and oxygen atoms in total. The number of rotatable bonds is 7. The number of benzene rings is 2. The minimum Gasteiger partial charge on any atom is -0.495 e. The Balaban J connectivity index is 1.75. The lowest BCUT2D eigenvalue weighted by atomic mass is 10.2. The molecule has 1 aromatic heterocycles. The highest BCUT2D eigenvalue weighted by Crippen LogP contribution is 2.36. The van der Waals surface area contributed by atoms with Gasteiger partial charge in [-0.15, -0.1) is 0 Å². The van der Waals surface area contributed by atoms with E-state index in [0.29, 0.717) is 40.5 Å². The minimum absolute atomic E-state index is 0.264. The van der Waals surface area contributed by atoms with E-state index in [2.05, 4.69) is 20.6 Å². The first-order valence-electron chi connectivity index (χ1n) is 8.09. The molecular weight excluding hydrogens is 371 g/mol. The summed E-state index contributed by atoms with van der Waals surface area (Å²) in [6.45, 7) is 0.509. The zero-order valence-electron chi connectivity index (χ0n) is 14.8. The molecular formula is C19H18ClFN4O2. The maximum absolute atomic E-state index is 13.0. The van der Waals surface area contributed by atoms with E-state index in [4.69, 9.17) is 21.1 Å². The van der Waals surface area contributed by atoms with Gasteiger partial charge in [0.1, 0.15) is 23.1 Å². The first-order chi connectivity index (χ1) is 13.1. The normalized spacial score (nSPS) is 10.4. The molecule has 1 heterocycles. The predicted molar refractivity (Wildman–Crippen MR) is 104 cm³/mol. The lowest BCUT2D eigenvalue weighted by molar-refractivity contribution is 0.405. The van der Waals surface area contributed by atoms with Gasteiger partial charge >= 0.3 is 0 Å². The Morgan fingerprint density at radius 1 is 1.04 bits per heavy atom. The fourth-order valence-electron chi connectivity index (χ4n) is 2.39. The highest BCUT2D eigenvalue weighted by Gasteiger charge is 2.11. The van der Waals surface area contributed by atoms with Crippen LogP contribution in [0.4, 0.5) is 21.8 Å². The first kappa shape index (κ1) is 18.7. The van der Waals surface area contributed by atoms with Crippen LogP contribution in [0.25, 0.3) is 0 Å². The number of methoxy groups -OCH3 is 2. The second-order valence-corrected chi connectivity index (χ2v) is 5.96. The van der Waals surface area contributed by atoms with Crippen LogP contribution in [0.15, 0.2) is 48.7 Å². The SMILES string of the molecule is COc1cc(Nc2nccc(NCc3ccc(F)cc3)n2)c(OC)cc1Cl. The Labute approximate surface area is 161 Å². The molecule has 0 aliphatic heterocycles. The Bertz CT molecular complexity index is 922. The molecule has 0 atom stereocenters. The van der Waals surface area contributed by atoms with Crippen molar-refractivity contribution in [2.45, 2.75) is 6.54 Å². The van der Waals surface area contributed by atoms with Gasteiger partial charge in [0.15, 0.2) is 0 Å². The number of aromatic nitrogens is 2. The Morgan fingerprint density at radius 3 is 2.48 bits per heavy atom. The molecule has 0 bridgehead atoms. The fraction of sp³-hybridized carbons (Fsp3) is 0.158. The van der Waals surface area contributed by atoms with Gasteiger partial charge < -0.3 is 20.1 Å². The van der Waals surface area contributed by atoms with Crippen molar-refractivity contribution in [3.63, 3.8) is 0 Å². The molecule has 0 spiro atoms. The maximum atomic E-state index is 13.0. The van der Waals surface area contributed by atoms with E-state index >= 15 is 0 Å². The summed E-state index contributed by atoms with van der Waals surface area (Å²) in [5.74, 6) is 1.78. The summed E-state index contributed by atoms with van der Waals surface area (Å²) in [5, 5.41) is 6.71. The van der Waals surface area contributed by atoms with Crippen LogP contribution in [0.3, 0.4) is 0 Å². The molecule has 3 rings (SSSR count). The third kappa shape index (κ3) is 4.77. The highest BCUT2D eigenvalue weighted by atomic mass is 35.5. The van der Waals surface area contributed by atoms with Gasteiger partial charge in [-0.1, -0.05) is 23.7 Å². The van der Waals surface area contributed by atoms with Crippen molar-refractivity contribution in [2.75, 3.05) is 24.9 Å². The fourth-order valence-corrected chi connectivity index (χ4v) is 2.62. The molecule has 0 fully saturated rings. The summed E-state index contributed by atoms with van der Waals surface area (Å²) >= 11 is 6.12. The van der Waals surface area contributed by atoms with Crippen LogP contribution in [0.1, 0.15) is 5.56 Å². The molecule has 27 heavy (non-hydrogen) atoms. The van der Waals surface area contributed by atoms with Gasteiger partial charge in [-0.3, -0.25) is 0 Å². The molecule has 2 N–H and O–H groups in total. The van der Waals surface area contributed by atoms with E-state index in [1.54, 1.807) is 43.6 Å². The topological polar surface area (TPSA) is 68.3 Å². The zero-order valence-corrected chi connectivity index (χ0v) is 15.5. The van der Waals surface area contributed by atoms with Crippen molar-refractivity contribution in [1.82, 2.24) is 9.97 Å². The molecule has 140 valence electrons. The van der Waals surface area contributed by atoms with Crippen LogP contribution >= 0.6 is 11.6 Å². The third-order valence-electron chi connectivity index (χ3n) is 3.76. The average molecular weight is 389 g/mol. The van der Waals surface area contributed by atoms with Crippen LogP contribution in [0.5, 0.6) is 11.5 Å².